The molecule has 3 atom stereocenters. The van der Waals surface area contributed by atoms with E-state index in [1.54, 1.807) is 0 Å². The van der Waals surface area contributed by atoms with Gasteiger partial charge < -0.3 is 4.74 Å². The van der Waals surface area contributed by atoms with Crippen molar-refractivity contribution in [2.45, 2.75) is 49.5 Å². The Balaban J connectivity index is 2.18. The molecule has 0 radical (unpaired) electrons. The molecule has 3 unspecified atom stereocenters. The maximum atomic E-state index is 12.6. The summed E-state index contributed by atoms with van der Waals surface area (Å²) in [5.74, 6) is 0.100. The standard InChI is InChI=1S/C13H21NO3S/c1-10-2-3-11(9-14)13(8-10)18(15,16)12-4-6-17-7-5-12/h10-13H,2-8H2,1H3. The predicted molar refractivity (Wildman–Crippen MR) is 68.7 cm³/mol. The highest BCUT2D eigenvalue weighted by atomic mass is 32.2. The van der Waals surface area contributed by atoms with Gasteiger partial charge in [-0.3, -0.25) is 0 Å². The van der Waals surface area contributed by atoms with Crippen molar-refractivity contribution in [3.63, 3.8) is 0 Å². The summed E-state index contributed by atoms with van der Waals surface area (Å²) in [6.45, 7) is 3.15. The van der Waals surface area contributed by atoms with Crippen LogP contribution in [0.2, 0.25) is 0 Å². The zero-order valence-corrected chi connectivity index (χ0v) is 11.7. The van der Waals surface area contributed by atoms with E-state index in [0.717, 1.165) is 12.8 Å². The number of nitrogens with zero attached hydrogens (tertiary/aromatic N) is 1. The Kier molecular flexibility index (Phi) is 4.29. The van der Waals surface area contributed by atoms with Gasteiger partial charge in [-0.2, -0.15) is 5.26 Å². The number of ether oxygens (including phenoxy) is 1. The molecule has 2 fully saturated rings. The Bertz CT molecular complexity index is 420. The van der Waals surface area contributed by atoms with Gasteiger partial charge in [0, 0.05) is 13.2 Å². The number of nitriles is 1. The SMILES string of the molecule is CC1CCC(C#N)C(S(=O)(=O)C2CCOCC2)C1. The van der Waals surface area contributed by atoms with Crippen LogP contribution in [0, 0.1) is 23.2 Å². The van der Waals surface area contributed by atoms with E-state index >= 15 is 0 Å². The van der Waals surface area contributed by atoms with Crippen molar-refractivity contribution in [2.24, 2.45) is 11.8 Å². The van der Waals surface area contributed by atoms with Crippen LogP contribution in [0.4, 0.5) is 0 Å². The molecule has 0 aromatic rings. The lowest BCUT2D eigenvalue weighted by molar-refractivity contribution is 0.0979. The summed E-state index contributed by atoms with van der Waals surface area (Å²) >= 11 is 0. The summed E-state index contributed by atoms with van der Waals surface area (Å²) in [5.41, 5.74) is 0. The lowest BCUT2D eigenvalue weighted by Gasteiger charge is -2.34. The Morgan fingerprint density at radius 1 is 1.17 bits per heavy atom. The molecule has 2 aliphatic rings. The third kappa shape index (κ3) is 2.70. The lowest BCUT2D eigenvalue weighted by Crippen LogP contribution is -2.42. The molecule has 1 saturated heterocycles. The van der Waals surface area contributed by atoms with Crippen molar-refractivity contribution in [2.75, 3.05) is 13.2 Å². The van der Waals surface area contributed by atoms with E-state index in [9.17, 15) is 13.7 Å². The average Bonchev–Trinajstić information content (AvgIpc) is 2.39. The summed E-state index contributed by atoms with van der Waals surface area (Å²) in [6, 6.07) is 2.21. The summed E-state index contributed by atoms with van der Waals surface area (Å²) in [6.07, 6.45) is 3.53. The first-order valence-electron chi connectivity index (χ1n) is 6.75. The fraction of sp³-hybridized carbons (Fsp3) is 0.923. The molecule has 0 amide bonds. The highest BCUT2D eigenvalue weighted by Gasteiger charge is 2.42. The van der Waals surface area contributed by atoms with Gasteiger partial charge in [-0.1, -0.05) is 6.92 Å². The molecule has 102 valence electrons. The van der Waals surface area contributed by atoms with E-state index in [0.29, 0.717) is 38.4 Å². The smallest absolute Gasteiger partial charge is 0.157 e. The monoisotopic (exact) mass is 271 g/mol. The van der Waals surface area contributed by atoms with E-state index in [2.05, 4.69) is 13.0 Å². The zero-order chi connectivity index (χ0) is 13.2. The number of rotatable bonds is 2. The van der Waals surface area contributed by atoms with Gasteiger partial charge in [-0.25, -0.2) is 8.42 Å². The van der Waals surface area contributed by atoms with Crippen LogP contribution in [0.3, 0.4) is 0 Å². The van der Waals surface area contributed by atoms with Crippen LogP contribution in [0.1, 0.15) is 39.0 Å². The van der Waals surface area contributed by atoms with Gasteiger partial charge in [0.15, 0.2) is 9.84 Å². The molecule has 4 nitrogen and oxygen atoms in total. The van der Waals surface area contributed by atoms with Crippen molar-refractivity contribution in [1.82, 2.24) is 0 Å². The Morgan fingerprint density at radius 2 is 1.83 bits per heavy atom. The van der Waals surface area contributed by atoms with Crippen LogP contribution in [-0.4, -0.2) is 32.1 Å². The molecular formula is C13H21NO3S. The molecule has 0 N–H and O–H groups in total. The predicted octanol–water partition coefficient (Wildman–Crippen LogP) is 1.91. The molecule has 1 aliphatic carbocycles. The van der Waals surface area contributed by atoms with Crippen LogP contribution in [0.15, 0.2) is 0 Å². The first-order valence-corrected chi connectivity index (χ1v) is 8.36. The Labute approximate surface area is 109 Å². The maximum Gasteiger partial charge on any atom is 0.157 e. The normalized spacial score (nSPS) is 35.0. The first-order chi connectivity index (χ1) is 8.55. The van der Waals surface area contributed by atoms with Gasteiger partial charge in [-0.05, 0) is 38.0 Å². The van der Waals surface area contributed by atoms with E-state index in [1.807, 2.05) is 0 Å². The van der Waals surface area contributed by atoms with Crippen LogP contribution >= 0.6 is 0 Å². The van der Waals surface area contributed by atoms with Crippen LogP contribution in [0.25, 0.3) is 0 Å². The largest absolute Gasteiger partial charge is 0.381 e. The topological polar surface area (TPSA) is 67.2 Å². The summed E-state index contributed by atoms with van der Waals surface area (Å²) in [4.78, 5) is 0. The van der Waals surface area contributed by atoms with E-state index in [4.69, 9.17) is 4.74 Å². The summed E-state index contributed by atoms with van der Waals surface area (Å²) in [7, 11) is -3.18. The van der Waals surface area contributed by atoms with Crippen molar-refractivity contribution in [3.05, 3.63) is 0 Å². The van der Waals surface area contributed by atoms with Crippen LogP contribution < -0.4 is 0 Å². The highest BCUT2D eigenvalue weighted by Crippen LogP contribution is 2.36. The lowest BCUT2D eigenvalue weighted by atomic mass is 9.83. The molecule has 18 heavy (non-hydrogen) atoms. The third-order valence-electron chi connectivity index (χ3n) is 4.27. The maximum absolute atomic E-state index is 12.6. The second kappa shape index (κ2) is 5.58. The molecule has 5 heteroatoms. The van der Waals surface area contributed by atoms with Crippen molar-refractivity contribution in [1.29, 1.82) is 5.26 Å². The minimum absolute atomic E-state index is 0.294. The summed E-state index contributed by atoms with van der Waals surface area (Å²) in [5, 5.41) is 8.43. The number of hydrogen-bond acceptors (Lipinski definition) is 4. The Morgan fingerprint density at radius 3 is 2.44 bits per heavy atom. The minimum Gasteiger partial charge on any atom is -0.381 e. The quantitative estimate of drug-likeness (QED) is 0.769. The molecule has 0 aromatic heterocycles. The molecule has 1 aliphatic heterocycles. The number of hydrogen-bond donors (Lipinski definition) is 0. The van der Waals surface area contributed by atoms with Crippen LogP contribution in [-0.2, 0) is 14.6 Å². The van der Waals surface area contributed by atoms with E-state index < -0.39 is 15.1 Å². The van der Waals surface area contributed by atoms with Gasteiger partial charge in [-0.15, -0.1) is 0 Å². The van der Waals surface area contributed by atoms with Crippen molar-refractivity contribution < 1.29 is 13.2 Å². The minimum atomic E-state index is -3.18. The number of sulfone groups is 1. The molecular weight excluding hydrogens is 250 g/mol. The first kappa shape index (κ1) is 13.8. The van der Waals surface area contributed by atoms with Gasteiger partial charge in [0.25, 0.3) is 0 Å². The molecule has 0 aromatic carbocycles. The second-order valence-corrected chi connectivity index (χ2v) is 8.04. The van der Waals surface area contributed by atoms with Crippen LogP contribution in [0.5, 0.6) is 0 Å². The van der Waals surface area contributed by atoms with Crippen molar-refractivity contribution in [3.8, 4) is 6.07 Å². The average molecular weight is 271 g/mol. The summed E-state index contributed by atoms with van der Waals surface area (Å²) < 4.78 is 30.5. The van der Waals surface area contributed by atoms with Gasteiger partial charge >= 0.3 is 0 Å². The molecule has 1 saturated carbocycles. The van der Waals surface area contributed by atoms with Gasteiger partial charge in [0.05, 0.1) is 22.5 Å². The van der Waals surface area contributed by atoms with E-state index in [-0.39, 0.29) is 11.2 Å². The fourth-order valence-electron chi connectivity index (χ4n) is 3.09. The van der Waals surface area contributed by atoms with Gasteiger partial charge in [0.2, 0.25) is 0 Å². The molecule has 0 bridgehead atoms. The molecule has 2 rings (SSSR count). The van der Waals surface area contributed by atoms with E-state index in [1.165, 1.54) is 0 Å². The highest BCUT2D eigenvalue weighted by molar-refractivity contribution is 7.92. The van der Waals surface area contributed by atoms with Gasteiger partial charge in [0.1, 0.15) is 0 Å². The molecule has 1 heterocycles. The second-order valence-electron chi connectivity index (χ2n) is 5.59. The fourth-order valence-corrected chi connectivity index (χ4v) is 5.69. The zero-order valence-electron chi connectivity index (χ0n) is 10.8. The third-order valence-corrected chi connectivity index (χ3v) is 7.04. The Hall–Kier alpha value is -0.600. The molecule has 0 spiro atoms. The van der Waals surface area contributed by atoms with Crippen molar-refractivity contribution >= 4 is 9.84 Å².